The van der Waals surface area contributed by atoms with Crippen LogP contribution < -0.4 is 10.1 Å². The molecule has 1 aromatic heterocycles. The van der Waals surface area contributed by atoms with E-state index in [1.54, 1.807) is 19.4 Å². The Morgan fingerprint density at radius 2 is 2.18 bits per heavy atom. The summed E-state index contributed by atoms with van der Waals surface area (Å²) in [4.78, 5) is 11.0. The average Bonchev–Trinajstić information content (AvgIpc) is 2.97. The minimum absolute atomic E-state index is 0.385. The van der Waals surface area contributed by atoms with Gasteiger partial charge in [0.2, 0.25) is 11.8 Å². The fourth-order valence-electron chi connectivity index (χ4n) is 2.83. The number of rotatable bonds is 5. The fourth-order valence-corrected chi connectivity index (χ4v) is 2.83. The third kappa shape index (κ3) is 3.54. The lowest BCUT2D eigenvalue weighted by atomic mass is 10.1. The van der Waals surface area contributed by atoms with Crippen molar-refractivity contribution in [3.8, 4) is 5.88 Å². The summed E-state index contributed by atoms with van der Waals surface area (Å²) in [6.07, 6.45) is 2.82. The monoisotopic (exact) mass is 298 g/mol. The van der Waals surface area contributed by atoms with Crippen LogP contribution in [0.15, 0.2) is 36.5 Å². The van der Waals surface area contributed by atoms with Gasteiger partial charge < -0.3 is 10.1 Å². The number of hydrogen-bond donors (Lipinski definition) is 1. The van der Waals surface area contributed by atoms with Crippen molar-refractivity contribution in [1.29, 1.82) is 0 Å². The number of aryl methyl sites for hydroxylation is 1. The summed E-state index contributed by atoms with van der Waals surface area (Å²) >= 11 is 0. The first-order valence-corrected chi connectivity index (χ1v) is 7.65. The van der Waals surface area contributed by atoms with E-state index in [1.807, 2.05) is 0 Å². The van der Waals surface area contributed by atoms with Crippen LogP contribution >= 0.6 is 0 Å². The predicted molar refractivity (Wildman–Crippen MR) is 87.1 cm³/mol. The van der Waals surface area contributed by atoms with Crippen LogP contribution in [0.2, 0.25) is 0 Å². The highest BCUT2D eigenvalue weighted by Gasteiger charge is 2.23. The van der Waals surface area contributed by atoms with Gasteiger partial charge in [0.05, 0.1) is 7.11 Å². The van der Waals surface area contributed by atoms with Gasteiger partial charge in [0.1, 0.15) is 0 Å². The van der Waals surface area contributed by atoms with Crippen molar-refractivity contribution in [2.45, 2.75) is 25.9 Å². The van der Waals surface area contributed by atoms with E-state index < -0.39 is 0 Å². The Morgan fingerprint density at radius 1 is 1.32 bits per heavy atom. The van der Waals surface area contributed by atoms with E-state index in [1.165, 1.54) is 11.1 Å². The number of hydrogen-bond acceptors (Lipinski definition) is 5. The van der Waals surface area contributed by atoms with E-state index in [2.05, 4.69) is 51.4 Å². The van der Waals surface area contributed by atoms with Gasteiger partial charge in [-0.25, -0.2) is 4.98 Å². The smallest absolute Gasteiger partial charge is 0.226 e. The molecule has 1 saturated heterocycles. The molecule has 3 rings (SSSR count). The molecule has 22 heavy (non-hydrogen) atoms. The average molecular weight is 298 g/mol. The number of nitrogens with zero attached hydrogens (tertiary/aromatic N) is 3. The minimum Gasteiger partial charge on any atom is -0.481 e. The van der Waals surface area contributed by atoms with Crippen LogP contribution in [0.1, 0.15) is 17.5 Å². The largest absolute Gasteiger partial charge is 0.481 e. The van der Waals surface area contributed by atoms with Crippen LogP contribution in [-0.4, -0.2) is 41.1 Å². The van der Waals surface area contributed by atoms with Gasteiger partial charge in [-0.3, -0.25) is 4.90 Å². The molecule has 1 N–H and O–H groups in total. The van der Waals surface area contributed by atoms with Gasteiger partial charge in [0.15, 0.2) is 0 Å². The molecule has 0 bridgehead atoms. The second-order valence-electron chi connectivity index (χ2n) is 5.71. The summed E-state index contributed by atoms with van der Waals surface area (Å²) in [6.45, 7) is 5.28. The molecular formula is C17H22N4O. The number of methoxy groups -OCH3 is 1. The molecular weight excluding hydrogens is 276 g/mol. The topological polar surface area (TPSA) is 50.3 Å². The third-order valence-corrected chi connectivity index (χ3v) is 4.10. The van der Waals surface area contributed by atoms with Crippen LogP contribution in [0, 0.1) is 6.92 Å². The molecule has 116 valence electrons. The number of anilines is 1. The molecule has 0 amide bonds. The van der Waals surface area contributed by atoms with Crippen molar-refractivity contribution < 1.29 is 4.74 Å². The quantitative estimate of drug-likeness (QED) is 0.919. The molecule has 2 heterocycles. The summed E-state index contributed by atoms with van der Waals surface area (Å²) in [5, 5.41) is 3.40. The zero-order valence-electron chi connectivity index (χ0n) is 13.1. The molecule has 1 aliphatic heterocycles. The fraction of sp³-hybridized carbons (Fsp3) is 0.412. The van der Waals surface area contributed by atoms with Gasteiger partial charge in [0, 0.05) is 37.9 Å². The molecule has 5 heteroatoms. The lowest BCUT2D eigenvalue weighted by Gasteiger charge is -2.18. The molecule has 1 fully saturated rings. The van der Waals surface area contributed by atoms with Crippen LogP contribution in [0.4, 0.5) is 5.95 Å². The molecule has 0 radical (unpaired) electrons. The second kappa shape index (κ2) is 6.75. The summed E-state index contributed by atoms with van der Waals surface area (Å²) in [6, 6.07) is 10.7. The van der Waals surface area contributed by atoms with E-state index >= 15 is 0 Å². The van der Waals surface area contributed by atoms with Gasteiger partial charge in [0.25, 0.3) is 0 Å². The molecule has 1 aromatic carbocycles. The standard InChI is InChI=1S/C17H22N4O/c1-13-5-3-4-6-14(13)11-21-10-8-15(12-21)19-17-18-9-7-16(20-17)22-2/h3-7,9,15H,8,10-12H2,1-2H3,(H,18,19,20). The van der Waals surface area contributed by atoms with Crippen LogP contribution in [0.25, 0.3) is 0 Å². The lowest BCUT2D eigenvalue weighted by molar-refractivity contribution is 0.328. The van der Waals surface area contributed by atoms with Crippen LogP contribution in [0.5, 0.6) is 5.88 Å². The Bertz CT molecular complexity index is 632. The molecule has 2 aromatic rings. The molecule has 1 unspecified atom stereocenters. The van der Waals surface area contributed by atoms with Gasteiger partial charge in [-0.15, -0.1) is 0 Å². The maximum Gasteiger partial charge on any atom is 0.226 e. The van der Waals surface area contributed by atoms with E-state index in [9.17, 15) is 0 Å². The van der Waals surface area contributed by atoms with Crippen LogP contribution in [0.3, 0.4) is 0 Å². The maximum atomic E-state index is 5.13. The maximum absolute atomic E-state index is 5.13. The Labute approximate surface area is 131 Å². The molecule has 5 nitrogen and oxygen atoms in total. The first kappa shape index (κ1) is 14.8. The molecule has 0 aliphatic carbocycles. The SMILES string of the molecule is COc1ccnc(NC2CCN(Cc3ccccc3C)C2)n1. The van der Waals surface area contributed by atoms with Gasteiger partial charge >= 0.3 is 0 Å². The van der Waals surface area contributed by atoms with Gasteiger partial charge in [-0.2, -0.15) is 4.98 Å². The first-order valence-electron chi connectivity index (χ1n) is 7.65. The minimum atomic E-state index is 0.385. The Balaban J connectivity index is 1.57. The van der Waals surface area contributed by atoms with E-state index in [4.69, 9.17) is 4.74 Å². The summed E-state index contributed by atoms with van der Waals surface area (Å²) in [5.74, 6) is 1.23. The van der Waals surface area contributed by atoms with E-state index in [0.717, 1.165) is 26.1 Å². The number of aromatic nitrogens is 2. The Morgan fingerprint density at radius 3 is 3.00 bits per heavy atom. The van der Waals surface area contributed by atoms with Crippen molar-refractivity contribution in [2.24, 2.45) is 0 Å². The van der Waals surface area contributed by atoms with E-state index in [0.29, 0.717) is 17.9 Å². The molecule has 0 saturated carbocycles. The normalized spacial score (nSPS) is 18.4. The van der Waals surface area contributed by atoms with Crippen molar-refractivity contribution in [2.75, 3.05) is 25.5 Å². The summed E-state index contributed by atoms with van der Waals surface area (Å²) in [5.41, 5.74) is 2.76. The zero-order chi connectivity index (χ0) is 15.4. The predicted octanol–water partition coefficient (Wildman–Crippen LogP) is 2.48. The first-order chi connectivity index (χ1) is 10.7. The Hall–Kier alpha value is -2.14. The number of nitrogens with one attached hydrogen (secondary N) is 1. The second-order valence-corrected chi connectivity index (χ2v) is 5.71. The third-order valence-electron chi connectivity index (χ3n) is 4.10. The van der Waals surface area contributed by atoms with Crippen molar-refractivity contribution >= 4 is 5.95 Å². The number of benzene rings is 1. The highest BCUT2D eigenvalue weighted by molar-refractivity contribution is 5.30. The summed E-state index contributed by atoms with van der Waals surface area (Å²) < 4.78 is 5.13. The number of ether oxygens (including phenoxy) is 1. The molecule has 1 atom stereocenters. The number of likely N-dealkylation sites (tertiary alicyclic amines) is 1. The summed E-state index contributed by atoms with van der Waals surface area (Å²) in [7, 11) is 1.62. The highest BCUT2D eigenvalue weighted by atomic mass is 16.5. The van der Waals surface area contributed by atoms with Gasteiger partial charge in [-0.1, -0.05) is 24.3 Å². The van der Waals surface area contributed by atoms with Gasteiger partial charge in [-0.05, 0) is 24.5 Å². The van der Waals surface area contributed by atoms with Crippen molar-refractivity contribution in [1.82, 2.24) is 14.9 Å². The zero-order valence-corrected chi connectivity index (χ0v) is 13.1. The van der Waals surface area contributed by atoms with Crippen LogP contribution in [-0.2, 0) is 6.54 Å². The van der Waals surface area contributed by atoms with Crippen molar-refractivity contribution in [3.63, 3.8) is 0 Å². The highest BCUT2D eigenvalue weighted by Crippen LogP contribution is 2.18. The molecule has 1 aliphatic rings. The lowest BCUT2D eigenvalue weighted by Crippen LogP contribution is -2.26. The Kier molecular flexibility index (Phi) is 4.53. The molecule has 0 spiro atoms. The van der Waals surface area contributed by atoms with Crippen molar-refractivity contribution in [3.05, 3.63) is 47.7 Å². The van der Waals surface area contributed by atoms with E-state index in [-0.39, 0.29) is 0 Å².